The summed E-state index contributed by atoms with van der Waals surface area (Å²) in [7, 11) is 0. The first kappa shape index (κ1) is 21.8. The maximum Gasteiger partial charge on any atom is 0.0928 e. The van der Waals surface area contributed by atoms with E-state index in [1.165, 1.54) is 47.9 Å². The van der Waals surface area contributed by atoms with Gasteiger partial charge in [-0.25, -0.2) is 0 Å². The van der Waals surface area contributed by atoms with Gasteiger partial charge in [0.2, 0.25) is 0 Å². The molecule has 0 spiro atoms. The van der Waals surface area contributed by atoms with Crippen molar-refractivity contribution < 1.29 is 9.13 Å². The van der Waals surface area contributed by atoms with Crippen molar-refractivity contribution in [3.63, 3.8) is 0 Å². The molecule has 0 N–H and O–H groups in total. The van der Waals surface area contributed by atoms with E-state index in [1.54, 1.807) is 0 Å². The van der Waals surface area contributed by atoms with Crippen LogP contribution in [-0.4, -0.2) is 13.3 Å². The third-order valence-electron chi connectivity index (χ3n) is 6.12. The summed E-state index contributed by atoms with van der Waals surface area (Å²) in [5.74, 6) is 1.30. The molecule has 3 rings (SSSR count). The highest BCUT2D eigenvalue weighted by atomic mass is 19.1. The lowest BCUT2D eigenvalue weighted by Gasteiger charge is -2.27. The van der Waals surface area contributed by atoms with Crippen LogP contribution in [0.4, 0.5) is 4.39 Å². The average Bonchev–Trinajstić information content (AvgIpc) is 2.78. The van der Waals surface area contributed by atoms with Gasteiger partial charge in [-0.2, -0.15) is 0 Å². The minimum Gasteiger partial charge on any atom is -0.374 e. The minimum absolute atomic E-state index is 0.147. The number of alkyl halides is 1. The van der Waals surface area contributed by atoms with Crippen molar-refractivity contribution in [2.24, 2.45) is 5.92 Å². The summed E-state index contributed by atoms with van der Waals surface area (Å²) in [5, 5.41) is 0. The summed E-state index contributed by atoms with van der Waals surface area (Å²) in [6.45, 7) is 4.81. The Kier molecular flexibility index (Phi) is 8.49. The molecule has 1 aliphatic rings. The van der Waals surface area contributed by atoms with Crippen molar-refractivity contribution in [3.05, 3.63) is 71.8 Å². The van der Waals surface area contributed by atoms with E-state index in [1.807, 2.05) is 6.08 Å². The fourth-order valence-corrected chi connectivity index (χ4v) is 4.28. The maximum atomic E-state index is 12.2. The molecular formula is C27H35FO. The van der Waals surface area contributed by atoms with E-state index in [0.717, 1.165) is 13.0 Å². The molecule has 1 fully saturated rings. The van der Waals surface area contributed by atoms with Gasteiger partial charge in [-0.1, -0.05) is 67.6 Å². The van der Waals surface area contributed by atoms with Crippen LogP contribution < -0.4 is 0 Å². The number of halogens is 1. The Hall–Kier alpha value is -1.93. The topological polar surface area (TPSA) is 9.23 Å². The van der Waals surface area contributed by atoms with Gasteiger partial charge in [0, 0.05) is 6.61 Å². The molecule has 0 bridgehead atoms. The second-order valence-electron chi connectivity index (χ2n) is 8.27. The normalized spacial score (nSPS) is 20.8. The minimum atomic E-state index is -0.243. The van der Waals surface area contributed by atoms with Crippen LogP contribution in [0.3, 0.4) is 0 Å². The number of allylic oxidation sites excluding steroid dienone is 2. The molecule has 156 valence electrons. The Morgan fingerprint density at radius 2 is 1.59 bits per heavy atom. The highest BCUT2D eigenvalue weighted by Crippen LogP contribution is 2.37. The van der Waals surface area contributed by atoms with E-state index < -0.39 is 0 Å². The molecule has 1 aliphatic carbocycles. The Balaban J connectivity index is 1.56. The smallest absolute Gasteiger partial charge is 0.0928 e. The van der Waals surface area contributed by atoms with Gasteiger partial charge < -0.3 is 4.74 Å². The highest BCUT2D eigenvalue weighted by Gasteiger charge is 2.20. The molecule has 0 amide bonds. The Morgan fingerprint density at radius 3 is 2.17 bits per heavy atom. The third kappa shape index (κ3) is 6.27. The van der Waals surface area contributed by atoms with Gasteiger partial charge in [0.1, 0.15) is 0 Å². The van der Waals surface area contributed by atoms with Crippen LogP contribution in [0.25, 0.3) is 11.1 Å². The molecule has 0 heterocycles. The van der Waals surface area contributed by atoms with Crippen molar-refractivity contribution in [2.45, 2.75) is 64.4 Å². The summed E-state index contributed by atoms with van der Waals surface area (Å²) < 4.78 is 18.0. The number of hydrogen-bond acceptors (Lipinski definition) is 1. The van der Waals surface area contributed by atoms with Crippen LogP contribution in [0.15, 0.2) is 60.7 Å². The maximum absolute atomic E-state index is 12.2. The lowest BCUT2D eigenvalue weighted by atomic mass is 9.78. The lowest BCUT2D eigenvalue weighted by molar-refractivity contribution is 0.0663. The van der Waals surface area contributed by atoms with Crippen molar-refractivity contribution in [1.82, 2.24) is 0 Å². The molecule has 0 radical (unpaired) electrons. The fraction of sp³-hybridized carbons (Fsp3) is 0.481. The van der Waals surface area contributed by atoms with Crippen molar-refractivity contribution >= 4 is 0 Å². The van der Waals surface area contributed by atoms with Crippen LogP contribution in [0.5, 0.6) is 0 Å². The van der Waals surface area contributed by atoms with Crippen molar-refractivity contribution in [1.29, 1.82) is 0 Å². The number of hydrogen-bond donors (Lipinski definition) is 0. The molecule has 0 aliphatic heterocycles. The molecule has 0 aromatic heterocycles. The molecule has 2 aromatic carbocycles. The van der Waals surface area contributed by atoms with E-state index in [4.69, 9.17) is 4.74 Å². The number of benzene rings is 2. The van der Waals surface area contributed by atoms with E-state index in [-0.39, 0.29) is 12.8 Å². The van der Waals surface area contributed by atoms with E-state index in [9.17, 15) is 4.39 Å². The second-order valence-corrected chi connectivity index (χ2v) is 8.27. The van der Waals surface area contributed by atoms with Crippen LogP contribution in [-0.2, 0) is 4.74 Å². The molecule has 2 aromatic rings. The van der Waals surface area contributed by atoms with Gasteiger partial charge in [0.25, 0.3) is 0 Å². The highest BCUT2D eigenvalue weighted by molar-refractivity contribution is 5.64. The summed E-state index contributed by atoms with van der Waals surface area (Å²) in [5.41, 5.74) is 5.21. The molecule has 1 atom stereocenters. The summed E-state index contributed by atoms with van der Waals surface area (Å²) in [4.78, 5) is 0. The van der Waals surface area contributed by atoms with Gasteiger partial charge in [-0.3, -0.25) is 4.39 Å². The molecule has 1 unspecified atom stereocenters. The summed E-state index contributed by atoms with van der Waals surface area (Å²) in [6.07, 6.45) is 10.9. The first-order valence-corrected chi connectivity index (χ1v) is 11.3. The third-order valence-corrected chi connectivity index (χ3v) is 6.12. The molecule has 1 saturated carbocycles. The predicted molar refractivity (Wildman–Crippen MR) is 121 cm³/mol. The van der Waals surface area contributed by atoms with Gasteiger partial charge in [0.05, 0.1) is 12.8 Å². The van der Waals surface area contributed by atoms with Gasteiger partial charge in [0.15, 0.2) is 0 Å². The molecule has 0 saturated heterocycles. The quantitative estimate of drug-likeness (QED) is 0.391. The van der Waals surface area contributed by atoms with Crippen molar-refractivity contribution in [2.75, 3.05) is 13.3 Å². The van der Waals surface area contributed by atoms with Crippen LogP contribution in [0.2, 0.25) is 0 Å². The molecule has 2 heteroatoms. The first-order chi connectivity index (χ1) is 14.2. The lowest BCUT2D eigenvalue weighted by Crippen LogP contribution is -2.11. The number of rotatable bonds is 9. The standard InChI is InChI=1S/C27H35FO/c1-3-20-29-21(2)23-11-13-25(14-12-23)27-17-15-26(16-18-27)24-9-7-22(8-10-24)6-4-5-19-28/h4,6,11-18,21-22,24H,3,5,7-10,19-20H2,1-2H3/b6-4+/t21?,22-,24-. The second kappa shape index (κ2) is 11.3. The van der Waals surface area contributed by atoms with Crippen LogP contribution in [0, 0.1) is 5.92 Å². The van der Waals surface area contributed by atoms with Crippen LogP contribution >= 0.6 is 0 Å². The first-order valence-electron chi connectivity index (χ1n) is 11.3. The monoisotopic (exact) mass is 394 g/mol. The number of ether oxygens (including phenoxy) is 1. The average molecular weight is 395 g/mol. The van der Waals surface area contributed by atoms with Crippen molar-refractivity contribution in [3.8, 4) is 11.1 Å². The Morgan fingerprint density at radius 1 is 0.966 bits per heavy atom. The van der Waals surface area contributed by atoms with Gasteiger partial charge in [-0.15, -0.1) is 0 Å². The predicted octanol–water partition coefficient (Wildman–Crippen LogP) is 8.03. The summed E-state index contributed by atoms with van der Waals surface area (Å²) >= 11 is 0. The van der Waals surface area contributed by atoms with E-state index >= 15 is 0 Å². The zero-order chi connectivity index (χ0) is 20.5. The molecule has 1 nitrogen and oxygen atoms in total. The Labute approximate surface area is 176 Å². The zero-order valence-corrected chi connectivity index (χ0v) is 17.9. The van der Waals surface area contributed by atoms with Gasteiger partial charge in [-0.05, 0) is 79.5 Å². The van der Waals surface area contributed by atoms with Gasteiger partial charge >= 0.3 is 0 Å². The largest absolute Gasteiger partial charge is 0.374 e. The molecular weight excluding hydrogens is 359 g/mol. The fourth-order valence-electron chi connectivity index (χ4n) is 4.28. The SMILES string of the molecule is CCCOC(C)c1ccc(-c2ccc([C@H]3CC[C@H](/C=C/CCF)CC3)cc2)cc1. The molecule has 29 heavy (non-hydrogen) atoms. The van der Waals surface area contributed by atoms with E-state index in [2.05, 4.69) is 68.5 Å². The zero-order valence-electron chi connectivity index (χ0n) is 17.9. The summed E-state index contributed by atoms with van der Waals surface area (Å²) in [6, 6.07) is 17.9. The Bertz CT molecular complexity index is 739. The van der Waals surface area contributed by atoms with Crippen LogP contribution in [0.1, 0.15) is 75.5 Å². The van der Waals surface area contributed by atoms with E-state index in [0.29, 0.717) is 18.3 Å².